The van der Waals surface area contributed by atoms with Crippen LogP contribution in [0.5, 0.6) is 0 Å². The predicted molar refractivity (Wildman–Crippen MR) is 66.4 cm³/mol. The molecule has 0 N–H and O–H groups in total. The van der Waals surface area contributed by atoms with E-state index >= 15 is 0 Å². The Labute approximate surface area is 102 Å². The zero-order chi connectivity index (χ0) is 12.7. The van der Waals surface area contributed by atoms with Crippen molar-refractivity contribution in [2.24, 2.45) is 5.92 Å². The summed E-state index contributed by atoms with van der Waals surface area (Å²) in [6.07, 6.45) is 6.11. The van der Waals surface area contributed by atoms with E-state index in [2.05, 4.69) is 18.8 Å². The van der Waals surface area contributed by atoms with Crippen LogP contribution >= 0.6 is 0 Å². The summed E-state index contributed by atoms with van der Waals surface area (Å²) in [6, 6.07) is 2.79. The van der Waals surface area contributed by atoms with Crippen molar-refractivity contribution in [2.45, 2.75) is 46.0 Å². The third kappa shape index (κ3) is 4.25. The Morgan fingerprint density at radius 1 is 1.47 bits per heavy atom. The fraction of sp³-hybridized carbons (Fsp3) is 0.571. The molecule has 94 valence electrons. The van der Waals surface area contributed by atoms with Gasteiger partial charge in [0, 0.05) is 12.6 Å². The Hall–Kier alpha value is -1.25. The lowest BCUT2D eigenvalue weighted by molar-refractivity contribution is 0.0947. The lowest BCUT2D eigenvalue weighted by Crippen LogP contribution is -2.11. The smallest absolute Gasteiger partial charge is 0.184 e. The van der Waals surface area contributed by atoms with Crippen LogP contribution in [0.25, 0.3) is 0 Å². The molecule has 1 heterocycles. The van der Waals surface area contributed by atoms with Gasteiger partial charge in [0.05, 0.1) is 0 Å². The second-order valence-electron chi connectivity index (χ2n) is 4.38. The molecule has 0 aliphatic heterocycles. The van der Waals surface area contributed by atoms with Crippen LogP contribution < -0.4 is 0 Å². The Kier molecular flexibility index (Phi) is 5.81. The number of Topliss-reactive ketones (excluding diaryl/α,β-unsaturated/α-hetero) is 1. The molecule has 3 heteroatoms. The van der Waals surface area contributed by atoms with Crippen molar-refractivity contribution in [3.05, 3.63) is 29.8 Å². The van der Waals surface area contributed by atoms with Gasteiger partial charge in [-0.05, 0) is 18.1 Å². The van der Waals surface area contributed by atoms with Crippen molar-refractivity contribution >= 4 is 5.78 Å². The Morgan fingerprint density at radius 2 is 2.24 bits per heavy atom. The summed E-state index contributed by atoms with van der Waals surface area (Å²) in [5.41, 5.74) is -0.0116. The monoisotopic (exact) mass is 237 g/mol. The van der Waals surface area contributed by atoms with Crippen molar-refractivity contribution in [1.29, 1.82) is 0 Å². The van der Waals surface area contributed by atoms with E-state index in [4.69, 9.17) is 0 Å². The fourth-order valence-corrected chi connectivity index (χ4v) is 1.89. The van der Waals surface area contributed by atoms with Crippen LogP contribution in [0.15, 0.2) is 18.3 Å². The first-order valence-electron chi connectivity index (χ1n) is 6.32. The molecular formula is C14H20FNO. The van der Waals surface area contributed by atoms with Gasteiger partial charge in [-0.3, -0.25) is 9.78 Å². The summed E-state index contributed by atoms with van der Waals surface area (Å²) >= 11 is 0. The third-order valence-electron chi connectivity index (χ3n) is 3.04. The lowest BCUT2D eigenvalue weighted by atomic mass is 9.93. The highest BCUT2D eigenvalue weighted by Gasteiger charge is 2.17. The summed E-state index contributed by atoms with van der Waals surface area (Å²) < 4.78 is 13.4. The number of halogens is 1. The second kappa shape index (κ2) is 7.15. The first kappa shape index (κ1) is 13.8. The van der Waals surface area contributed by atoms with E-state index in [1.54, 1.807) is 0 Å². The molecule has 0 aromatic carbocycles. The maximum Gasteiger partial charge on any atom is 0.184 e. The van der Waals surface area contributed by atoms with Crippen molar-refractivity contribution in [3.8, 4) is 0 Å². The minimum Gasteiger partial charge on any atom is -0.292 e. The number of ketones is 1. The molecule has 0 spiro atoms. The second-order valence-corrected chi connectivity index (χ2v) is 4.38. The molecule has 17 heavy (non-hydrogen) atoms. The van der Waals surface area contributed by atoms with Crippen LogP contribution in [-0.2, 0) is 0 Å². The number of rotatable bonds is 7. The van der Waals surface area contributed by atoms with Crippen molar-refractivity contribution in [2.75, 3.05) is 0 Å². The van der Waals surface area contributed by atoms with Crippen molar-refractivity contribution < 1.29 is 9.18 Å². The van der Waals surface area contributed by atoms with E-state index < -0.39 is 5.82 Å². The van der Waals surface area contributed by atoms with Gasteiger partial charge in [-0.2, -0.15) is 0 Å². The molecule has 0 aliphatic carbocycles. The molecule has 0 saturated heterocycles. The van der Waals surface area contributed by atoms with Crippen LogP contribution in [0.2, 0.25) is 0 Å². The van der Waals surface area contributed by atoms with Crippen LogP contribution in [0.4, 0.5) is 4.39 Å². The molecule has 1 unspecified atom stereocenters. The Bertz CT molecular complexity index is 365. The molecule has 0 aliphatic rings. The van der Waals surface area contributed by atoms with Crippen LogP contribution in [0.1, 0.15) is 56.4 Å². The van der Waals surface area contributed by atoms with Gasteiger partial charge < -0.3 is 0 Å². The molecule has 2 nitrogen and oxygen atoms in total. The van der Waals surface area contributed by atoms with Crippen molar-refractivity contribution in [1.82, 2.24) is 4.98 Å². The summed E-state index contributed by atoms with van der Waals surface area (Å²) in [4.78, 5) is 15.7. The zero-order valence-corrected chi connectivity index (χ0v) is 10.6. The quantitative estimate of drug-likeness (QED) is 0.671. The largest absolute Gasteiger partial charge is 0.292 e. The van der Waals surface area contributed by atoms with E-state index in [1.165, 1.54) is 18.3 Å². The topological polar surface area (TPSA) is 30.0 Å². The first-order valence-corrected chi connectivity index (χ1v) is 6.32. The van der Waals surface area contributed by atoms with Crippen molar-refractivity contribution in [3.63, 3.8) is 0 Å². The number of nitrogens with zero attached hydrogens (tertiary/aromatic N) is 1. The summed E-state index contributed by atoms with van der Waals surface area (Å²) in [5, 5.41) is 0. The molecular weight excluding hydrogens is 217 g/mol. The molecule has 1 atom stereocenters. The van der Waals surface area contributed by atoms with E-state index in [0.717, 1.165) is 25.7 Å². The standard InChI is InChI=1S/C14H20FNO/c1-3-5-7-11(4-2)10-13(17)14-12(15)8-6-9-16-14/h6,8-9,11H,3-5,7,10H2,1-2H3. The molecule has 0 saturated carbocycles. The predicted octanol–water partition coefficient (Wildman–Crippen LogP) is 4.01. The van der Waals surface area contributed by atoms with Gasteiger partial charge in [0.25, 0.3) is 0 Å². The first-order chi connectivity index (χ1) is 8.19. The maximum atomic E-state index is 13.4. The van der Waals surface area contributed by atoms with Crippen LogP contribution in [-0.4, -0.2) is 10.8 Å². The number of carbonyl (C=O) groups is 1. The molecule has 0 bridgehead atoms. The van der Waals surface area contributed by atoms with Gasteiger partial charge in [-0.25, -0.2) is 4.39 Å². The summed E-state index contributed by atoms with van der Waals surface area (Å²) in [5.74, 6) is -0.335. The van der Waals surface area contributed by atoms with Gasteiger partial charge in [0.1, 0.15) is 5.69 Å². The number of pyridine rings is 1. The average molecular weight is 237 g/mol. The van der Waals surface area contributed by atoms with E-state index in [1.807, 2.05) is 0 Å². The third-order valence-corrected chi connectivity index (χ3v) is 3.04. The molecule has 1 rings (SSSR count). The van der Waals surface area contributed by atoms with Gasteiger partial charge in [0.2, 0.25) is 0 Å². The number of hydrogen-bond donors (Lipinski definition) is 0. The number of aromatic nitrogens is 1. The highest BCUT2D eigenvalue weighted by molar-refractivity contribution is 5.94. The fourth-order valence-electron chi connectivity index (χ4n) is 1.89. The molecule has 0 amide bonds. The minimum absolute atomic E-state index is 0.0116. The molecule has 1 aromatic rings. The minimum atomic E-state index is -0.511. The van der Waals surface area contributed by atoms with Gasteiger partial charge in [0.15, 0.2) is 11.6 Å². The SMILES string of the molecule is CCCCC(CC)CC(=O)c1ncccc1F. The highest BCUT2D eigenvalue weighted by Crippen LogP contribution is 2.19. The number of hydrogen-bond acceptors (Lipinski definition) is 2. The Morgan fingerprint density at radius 3 is 2.82 bits per heavy atom. The highest BCUT2D eigenvalue weighted by atomic mass is 19.1. The zero-order valence-electron chi connectivity index (χ0n) is 10.6. The summed E-state index contributed by atoms with van der Waals surface area (Å²) in [7, 11) is 0. The average Bonchev–Trinajstić information content (AvgIpc) is 2.34. The van der Waals surface area contributed by atoms with Gasteiger partial charge in [-0.1, -0.05) is 39.5 Å². The maximum absolute atomic E-state index is 13.4. The molecule has 0 radical (unpaired) electrons. The number of carbonyl (C=O) groups excluding carboxylic acids is 1. The molecule has 0 fully saturated rings. The lowest BCUT2D eigenvalue weighted by Gasteiger charge is -2.13. The van der Waals surface area contributed by atoms with Crippen LogP contribution in [0, 0.1) is 11.7 Å². The van der Waals surface area contributed by atoms with E-state index in [9.17, 15) is 9.18 Å². The Balaban J connectivity index is 2.61. The van der Waals surface area contributed by atoms with Crippen LogP contribution in [0.3, 0.4) is 0 Å². The van der Waals surface area contributed by atoms with Gasteiger partial charge in [-0.15, -0.1) is 0 Å². The van der Waals surface area contributed by atoms with E-state index in [-0.39, 0.29) is 11.5 Å². The van der Waals surface area contributed by atoms with E-state index in [0.29, 0.717) is 12.3 Å². The summed E-state index contributed by atoms with van der Waals surface area (Å²) in [6.45, 7) is 4.20. The normalized spacial score (nSPS) is 12.4. The molecule has 1 aromatic heterocycles. The van der Waals surface area contributed by atoms with Gasteiger partial charge >= 0.3 is 0 Å². The number of unbranched alkanes of at least 4 members (excludes halogenated alkanes) is 1.